The van der Waals surface area contributed by atoms with Crippen molar-refractivity contribution < 1.29 is 14.7 Å². The molecule has 0 amide bonds. The molecule has 1 aromatic rings. The summed E-state index contributed by atoms with van der Waals surface area (Å²) in [6.45, 7) is 4.26. The van der Waals surface area contributed by atoms with Gasteiger partial charge in [-0.3, -0.25) is 9.59 Å². The zero-order valence-electron chi connectivity index (χ0n) is 19.5. The lowest BCUT2D eigenvalue weighted by molar-refractivity contribution is -0.137. The zero-order chi connectivity index (χ0) is 22.0. The molecule has 1 rings (SSSR count). The van der Waals surface area contributed by atoms with Gasteiger partial charge in [0, 0.05) is 19.3 Å². The molecule has 0 aliphatic rings. The Bertz CT molecular complexity index is 606. The maximum Gasteiger partial charge on any atom is 0.303 e. The van der Waals surface area contributed by atoms with Crippen LogP contribution >= 0.6 is 0 Å². The van der Waals surface area contributed by atoms with Gasteiger partial charge in [-0.25, -0.2) is 0 Å². The minimum atomic E-state index is -0.672. The first-order chi connectivity index (χ1) is 14.5. The summed E-state index contributed by atoms with van der Waals surface area (Å²) in [6, 6.07) is 6.52. The molecule has 1 N–H and O–H groups in total. The molecule has 0 aromatic heterocycles. The van der Waals surface area contributed by atoms with E-state index < -0.39 is 5.97 Å². The van der Waals surface area contributed by atoms with Gasteiger partial charge in [0.1, 0.15) is 5.78 Å². The van der Waals surface area contributed by atoms with Gasteiger partial charge in [-0.15, -0.1) is 0 Å². The number of unbranched alkanes of at least 4 members (excludes halogenated alkanes) is 12. The third-order valence-corrected chi connectivity index (χ3v) is 6.11. The summed E-state index contributed by atoms with van der Waals surface area (Å²) in [4.78, 5) is 22.5. The Hall–Kier alpha value is -1.64. The highest BCUT2D eigenvalue weighted by Crippen LogP contribution is 2.15. The molecule has 30 heavy (non-hydrogen) atoms. The first-order valence-electron chi connectivity index (χ1n) is 12.3. The average Bonchev–Trinajstić information content (AvgIpc) is 2.71. The predicted molar refractivity (Wildman–Crippen MR) is 126 cm³/mol. The first-order valence-corrected chi connectivity index (χ1v) is 12.3. The van der Waals surface area contributed by atoms with Crippen LogP contribution in [0.5, 0.6) is 0 Å². The number of carboxylic acids is 1. The van der Waals surface area contributed by atoms with Gasteiger partial charge in [-0.1, -0.05) is 88.8 Å². The van der Waals surface area contributed by atoms with E-state index in [-0.39, 0.29) is 0 Å². The van der Waals surface area contributed by atoms with E-state index in [0.29, 0.717) is 18.6 Å². The zero-order valence-corrected chi connectivity index (χ0v) is 19.5. The Labute approximate surface area is 184 Å². The Balaban J connectivity index is 1.84. The van der Waals surface area contributed by atoms with Crippen molar-refractivity contribution in [1.29, 1.82) is 0 Å². The summed E-state index contributed by atoms with van der Waals surface area (Å²) >= 11 is 0. The van der Waals surface area contributed by atoms with Gasteiger partial charge >= 0.3 is 5.97 Å². The highest BCUT2D eigenvalue weighted by atomic mass is 16.4. The van der Waals surface area contributed by atoms with Crippen LogP contribution in [0.25, 0.3) is 0 Å². The number of aliphatic carboxylic acids is 1. The van der Waals surface area contributed by atoms with E-state index in [0.717, 1.165) is 32.1 Å². The predicted octanol–water partition coefficient (Wildman–Crippen LogP) is 7.74. The molecule has 0 saturated carbocycles. The minimum Gasteiger partial charge on any atom is -0.481 e. The summed E-state index contributed by atoms with van der Waals surface area (Å²) < 4.78 is 0. The van der Waals surface area contributed by atoms with E-state index >= 15 is 0 Å². The Kier molecular flexibility index (Phi) is 15.0. The molecule has 3 nitrogen and oxygen atoms in total. The Morgan fingerprint density at radius 3 is 1.57 bits per heavy atom. The van der Waals surface area contributed by atoms with Crippen molar-refractivity contribution >= 4 is 11.8 Å². The average molecular weight is 417 g/mol. The van der Waals surface area contributed by atoms with Crippen LogP contribution in [0.1, 0.15) is 119 Å². The van der Waals surface area contributed by atoms with Crippen LogP contribution in [-0.4, -0.2) is 16.9 Å². The topological polar surface area (TPSA) is 54.4 Å². The van der Waals surface area contributed by atoms with E-state index in [1.54, 1.807) is 0 Å². The fourth-order valence-electron chi connectivity index (χ4n) is 3.91. The highest BCUT2D eigenvalue weighted by Gasteiger charge is 2.04. The molecule has 0 aliphatic carbocycles. The lowest BCUT2D eigenvalue weighted by Gasteiger charge is -2.05. The number of Topliss-reactive ketones (excluding diaryl/α,β-unsaturated/α-hetero) is 1. The number of hydrogen-bond donors (Lipinski definition) is 1. The molecule has 1 aromatic carbocycles. The SMILES string of the molecule is Cc1ccc(CCC(=O)CCCCCCCCCCCCCCCC(=O)O)cc1C. The van der Waals surface area contributed by atoms with Crippen LogP contribution < -0.4 is 0 Å². The maximum absolute atomic E-state index is 12.1. The molecule has 170 valence electrons. The van der Waals surface area contributed by atoms with Gasteiger partial charge in [0.2, 0.25) is 0 Å². The fraction of sp³-hybridized carbons (Fsp3) is 0.704. The van der Waals surface area contributed by atoms with Gasteiger partial charge in [-0.05, 0) is 49.8 Å². The molecule has 0 aliphatic heterocycles. The lowest BCUT2D eigenvalue weighted by atomic mass is 10.00. The van der Waals surface area contributed by atoms with Crippen LogP contribution in [0.2, 0.25) is 0 Å². The van der Waals surface area contributed by atoms with E-state index in [1.807, 2.05) is 0 Å². The second-order valence-corrected chi connectivity index (χ2v) is 8.95. The molecule has 0 spiro atoms. The summed E-state index contributed by atoms with van der Waals surface area (Å²) in [7, 11) is 0. The molecule has 0 saturated heterocycles. The number of hydrogen-bond acceptors (Lipinski definition) is 2. The standard InChI is InChI=1S/C27H44O3/c1-23-18-19-25(22-24(23)2)20-21-26(28)16-14-12-10-8-6-4-3-5-7-9-11-13-15-17-27(29)30/h18-19,22H,3-17,20-21H2,1-2H3,(H,29,30). The first kappa shape index (κ1) is 26.4. The van der Waals surface area contributed by atoms with E-state index in [1.165, 1.54) is 80.9 Å². The molecule has 0 fully saturated rings. The summed E-state index contributed by atoms with van der Waals surface area (Å²) in [5.41, 5.74) is 3.91. The Morgan fingerprint density at radius 1 is 0.633 bits per heavy atom. The monoisotopic (exact) mass is 416 g/mol. The van der Waals surface area contributed by atoms with Crippen molar-refractivity contribution in [3.05, 3.63) is 34.9 Å². The van der Waals surface area contributed by atoms with E-state index in [4.69, 9.17) is 5.11 Å². The second-order valence-electron chi connectivity index (χ2n) is 8.95. The van der Waals surface area contributed by atoms with Crippen LogP contribution in [0.4, 0.5) is 0 Å². The largest absolute Gasteiger partial charge is 0.481 e. The second kappa shape index (κ2) is 17.1. The number of carbonyl (C=O) groups is 2. The third-order valence-electron chi connectivity index (χ3n) is 6.11. The number of carbonyl (C=O) groups excluding carboxylic acids is 1. The third kappa shape index (κ3) is 14.4. The summed E-state index contributed by atoms with van der Waals surface area (Å²) in [6.07, 6.45) is 18.3. The summed E-state index contributed by atoms with van der Waals surface area (Å²) in [5.74, 6) is -0.258. The molecular formula is C27H44O3. The van der Waals surface area contributed by atoms with Crippen LogP contribution in [0.15, 0.2) is 18.2 Å². The molecule has 0 atom stereocenters. The van der Waals surface area contributed by atoms with Crippen LogP contribution in [0.3, 0.4) is 0 Å². The molecule has 0 bridgehead atoms. The van der Waals surface area contributed by atoms with Crippen molar-refractivity contribution in [2.75, 3.05) is 0 Å². The smallest absolute Gasteiger partial charge is 0.303 e. The number of aryl methyl sites for hydroxylation is 3. The fourth-order valence-corrected chi connectivity index (χ4v) is 3.91. The van der Waals surface area contributed by atoms with Gasteiger partial charge < -0.3 is 5.11 Å². The van der Waals surface area contributed by atoms with Crippen LogP contribution in [-0.2, 0) is 16.0 Å². The van der Waals surface area contributed by atoms with Gasteiger partial charge in [0.15, 0.2) is 0 Å². The number of ketones is 1. The summed E-state index contributed by atoms with van der Waals surface area (Å²) in [5, 5.41) is 8.59. The molecule has 0 unspecified atom stereocenters. The number of carboxylic acid groups (broad SMARTS) is 1. The highest BCUT2D eigenvalue weighted by molar-refractivity contribution is 5.78. The van der Waals surface area contributed by atoms with Gasteiger partial charge in [-0.2, -0.15) is 0 Å². The quantitative estimate of drug-likeness (QED) is 0.235. The lowest BCUT2D eigenvalue weighted by Crippen LogP contribution is -2.00. The maximum atomic E-state index is 12.1. The van der Waals surface area contributed by atoms with Gasteiger partial charge in [0.05, 0.1) is 0 Å². The number of rotatable bonds is 19. The van der Waals surface area contributed by atoms with E-state index in [9.17, 15) is 9.59 Å². The normalized spacial score (nSPS) is 11.0. The van der Waals surface area contributed by atoms with Crippen molar-refractivity contribution in [1.82, 2.24) is 0 Å². The van der Waals surface area contributed by atoms with Crippen molar-refractivity contribution in [3.8, 4) is 0 Å². The molecule has 3 heteroatoms. The van der Waals surface area contributed by atoms with Crippen molar-refractivity contribution in [2.24, 2.45) is 0 Å². The molecular weight excluding hydrogens is 372 g/mol. The van der Waals surface area contributed by atoms with Crippen LogP contribution in [0, 0.1) is 13.8 Å². The van der Waals surface area contributed by atoms with Crippen molar-refractivity contribution in [3.63, 3.8) is 0 Å². The number of benzene rings is 1. The minimum absolute atomic E-state index is 0.321. The Morgan fingerprint density at radius 2 is 1.10 bits per heavy atom. The van der Waals surface area contributed by atoms with E-state index in [2.05, 4.69) is 32.0 Å². The molecule has 0 radical (unpaired) electrons. The van der Waals surface area contributed by atoms with Crippen molar-refractivity contribution in [2.45, 2.75) is 123 Å². The van der Waals surface area contributed by atoms with Gasteiger partial charge in [0.25, 0.3) is 0 Å². The molecule has 0 heterocycles.